The first-order chi connectivity index (χ1) is 8.85. The van der Waals surface area contributed by atoms with Gasteiger partial charge in [0.15, 0.2) is 0 Å². The van der Waals surface area contributed by atoms with E-state index >= 15 is 0 Å². The molecule has 0 aliphatic carbocycles. The average Bonchev–Trinajstić information content (AvgIpc) is 2.74. The molecule has 102 valence electrons. The van der Waals surface area contributed by atoms with Gasteiger partial charge in [0.1, 0.15) is 0 Å². The normalized spacial score (nSPS) is 13.5. The van der Waals surface area contributed by atoms with E-state index in [0.29, 0.717) is 6.04 Å². The highest BCUT2D eigenvalue weighted by Crippen LogP contribution is 2.23. The van der Waals surface area contributed by atoms with E-state index in [9.17, 15) is 0 Å². The Morgan fingerprint density at radius 1 is 1.00 bits per heavy atom. The zero-order valence-corrected chi connectivity index (χ0v) is 12.6. The van der Waals surface area contributed by atoms with Gasteiger partial charge in [0, 0.05) is 31.0 Å². The summed E-state index contributed by atoms with van der Waals surface area (Å²) in [5.74, 6) is 0. The largest absolute Gasteiger partial charge is 0.357 e. The van der Waals surface area contributed by atoms with Crippen molar-refractivity contribution in [3.8, 4) is 11.1 Å². The number of benzene rings is 1. The predicted molar refractivity (Wildman–Crippen MR) is 82.2 cm³/mol. The minimum Gasteiger partial charge on any atom is -0.357 e. The van der Waals surface area contributed by atoms with E-state index in [1.54, 1.807) is 0 Å². The monoisotopic (exact) mass is 256 g/mol. The number of rotatable bonds is 3. The molecule has 0 radical (unpaired) electrons. The second kappa shape index (κ2) is 5.22. The number of aryl methyl sites for hydroxylation is 1. The number of nitrogens with zero attached hydrogens (tertiary/aromatic N) is 1. The molecule has 1 aromatic heterocycles. The molecule has 0 aliphatic heterocycles. The standard InChI is InChI=1S/C17H24N2/c1-13(18-17(2,3)4)14-6-8-15(9-7-14)16-10-11-19(5)12-16/h6-13,18H,1-5H3. The first-order valence-electron chi connectivity index (χ1n) is 6.85. The lowest BCUT2D eigenvalue weighted by Crippen LogP contribution is -2.37. The van der Waals surface area contributed by atoms with E-state index in [1.807, 2.05) is 7.05 Å². The Morgan fingerprint density at radius 2 is 1.63 bits per heavy atom. The van der Waals surface area contributed by atoms with Crippen LogP contribution in [0.3, 0.4) is 0 Å². The predicted octanol–water partition coefficient (Wildman–Crippen LogP) is 4.14. The van der Waals surface area contributed by atoms with E-state index in [2.05, 4.69) is 80.3 Å². The minimum absolute atomic E-state index is 0.136. The summed E-state index contributed by atoms with van der Waals surface area (Å²) in [5, 5.41) is 3.59. The summed E-state index contributed by atoms with van der Waals surface area (Å²) < 4.78 is 2.08. The zero-order valence-electron chi connectivity index (χ0n) is 12.6. The van der Waals surface area contributed by atoms with Crippen LogP contribution in [0.2, 0.25) is 0 Å². The van der Waals surface area contributed by atoms with Crippen LogP contribution in [0.5, 0.6) is 0 Å². The molecule has 1 aromatic carbocycles. The van der Waals surface area contributed by atoms with Gasteiger partial charge in [0.2, 0.25) is 0 Å². The first kappa shape index (κ1) is 13.9. The topological polar surface area (TPSA) is 17.0 Å². The van der Waals surface area contributed by atoms with E-state index in [-0.39, 0.29) is 5.54 Å². The average molecular weight is 256 g/mol. The molecular weight excluding hydrogens is 232 g/mol. The van der Waals surface area contributed by atoms with Gasteiger partial charge in [-0.15, -0.1) is 0 Å². The van der Waals surface area contributed by atoms with Gasteiger partial charge in [-0.3, -0.25) is 0 Å². The molecule has 0 amide bonds. The van der Waals surface area contributed by atoms with Crippen LogP contribution >= 0.6 is 0 Å². The molecule has 1 atom stereocenters. The maximum atomic E-state index is 3.59. The van der Waals surface area contributed by atoms with Crippen molar-refractivity contribution >= 4 is 0 Å². The Kier molecular flexibility index (Phi) is 3.81. The Morgan fingerprint density at radius 3 is 2.11 bits per heavy atom. The molecule has 0 saturated carbocycles. The van der Waals surface area contributed by atoms with Crippen molar-refractivity contribution in [1.82, 2.24) is 9.88 Å². The van der Waals surface area contributed by atoms with Gasteiger partial charge in [-0.05, 0) is 50.5 Å². The molecule has 1 N–H and O–H groups in total. The van der Waals surface area contributed by atoms with Crippen molar-refractivity contribution in [1.29, 1.82) is 0 Å². The van der Waals surface area contributed by atoms with Crippen LogP contribution in [0, 0.1) is 0 Å². The third-order valence-electron chi connectivity index (χ3n) is 3.23. The van der Waals surface area contributed by atoms with E-state index < -0.39 is 0 Å². The smallest absolute Gasteiger partial charge is 0.0296 e. The van der Waals surface area contributed by atoms with Crippen molar-refractivity contribution in [2.24, 2.45) is 7.05 Å². The Hall–Kier alpha value is -1.54. The molecule has 2 nitrogen and oxygen atoms in total. The van der Waals surface area contributed by atoms with Gasteiger partial charge >= 0.3 is 0 Å². The summed E-state index contributed by atoms with van der Waals surface area (Å²) >= 11 is 0. The first-order valence-corrected chi connectivity index (χ1v) is 6.85. The van der Waals surface area contributed by atoms with Gasteiger partial charge in [-0.2, -0.15) is 0 Å². The Bertz CT molecular complexity index is 529. The maximum absolute atomic E-state index is 3.59. The van der Waals surface area contributed by atoms with Crippen LogP contribution in [0.1, 0.15) is 39.3 Å². The van der Waals surface area contributed by atoms with E-state index in [1.165, 1.54) is 16.7 Å². The second-order valence-electron chi connectivity index (χ2n) is 6.30. The Labute approximate surface area is 116 Å². The van der Waals surface area contributed by atoms with Gasteiger partial charge in [0.25, 0.3) is 0 Å². The van der Waals surface area contributed by atoms with Crippen LogP contribution in [-0.4, -0.2) is 10.1 Å². The van der Waals surface area contributed by atoms with Crippen molar-refractivity contribution in [3.05, 3.63) is 48.3 Å². The highest BCUT2D eigenvalue weighted by molar-refractivity contribution is 5.63. The fourth-order valence-electron chi connectivity index (χ4n) is 2.37. The van der Waals surface area contributed by atoms with Crippen LogP contribution < -0.4 is 5.32 Å². The molecule has 2 heteroatoms. The van der Waals surface area contributed by atoms with Gasteiger partial charge < -0.3 is 9.88 Å². The van der Waals surface area contributed by atoms with Crippen LogP contribution in [0.4, 0.5) is 0 Å². The molecule has 2 aromatic rings. The number of aromatic nitrogens is 1. The summed E-state index contributed by atoms with van der Waals surface area (Å²) in [6.45, 7) is 8.80. The maximum Gasteiger partial charge on any atom is 0.0296 e. The molecule has 1 unspecified atom stereocenters. The molecule has 0 spiro atoms. The fraction of sp³-hybridized carbons (Fsp3) is 0.412. The highest BCUT2D eigenvalue weighted by Gasteiger charge is 2.14. The fourth-order valence-corrected chi connectivity index (χ4v) is 2.37. The third kappa shape index (κ3) is 3.71. The summed E-state index contributed by atoms with van der Waals surface area (Å²) in [6, 6.07) is 11.3. The number of nitrogens with one attached hydrogen (secondary N) is 1. The molecule has 0 fully saturated rings. The summed E-state index contributed by atoms with van der Waals surface area (Å²) in [7, 11) is 2.05. The summed E-state index contributed by atoms with van der Waals surface area (Å²) in [4.78, 5) is 0. The van der Waals surface area contributed by atoms with Crippen LogP contribution in [0.25, 0.3) is 11.1 Å². The number of hydrogen-bond donors (Lipinski definition) is 1. The lowest BCUT2D eigenvalue weighted by atomic mass is 10.0. The molecule has 1 heterocycles. The lowest BCUT2D eigenvalue weighted by Gasteiger charge is -2.26. The Balaban J connectivity index is 2.14. The molecule has 0 saturated heterocycles. The quantitative estimate of drug-likeness (QED) is 0.873. The molecule has 0 bridgehead atoms. The lowest BCUT2D eigenvalue weighted by molar-refractivity contribution is 0.378. The van der Waals surface area contributed by atoms with E-state index in [0.717, 1.165) is 0 Å². The highest BCUT2D eigenvalue weighted by atomic mass is 15.0. The molecule has 2 rings (SSSR count). The van der Waals surface area contributed by atoms with Crippen LogP contribution in [0.15, 0.2) is 42.7 Å². The van der Waals surface area contributed by atoms with Crippen molar-refractivity contribution in [2.45, 2.75) is 39.3 Å². The van der Waals surface area contributed by atoms with Gasteiger partial charge in [-0.25, -0.2) is 0 Å². The second-order valence-corrected chi connectivity index (χ2v) is 6.30. The van der Waals surface area contributed by atoms with Crippen molar-refractivity contribution in [3.63, 3.8) is 0 Å². The summed E-state index contributed by atoms with van der Waals surface area (Å²) in [6.07, 6.45) is 4.22. The third-order valence-corrected chi connectivity index (χ3v) is 3.23. The van der Waals surface area contributed by atoms with E-state index in [4.69, 9.17) is 0 Å². The zero-order chi connectivity index (χ0) is 14.0. The van der Waals surface area contributed by atoms with Crippen LogP contribution in [-0.2, 0) is 7.05 Å². The molecule has 19 heavy (non-hydrogen) atoms. The number of hydrogen-bond acceptors (Lipinski definition) is 1. The SMILES string of the molecule is CC(NC(C)(C)C)c1ccc(-c2ccn(C)c2)cc1. The van der Waals surface area contributed by atoms with Crippen molar-refractivity contribution < 1.29 is 0 Å². The minimum atomic E-state index is 0.136. The molecular formula is C17H24N2. The summed E-state index contributed by atoms with van der Waals surface area (Å²) in [5.41, 5.74) is 4.00. The van der Waals surface area contributed by atoms with Gasteiger partial charge in [-0.1, -0.05) is 24.3 Å². The van der Waals surface area contributed by atoms with Gasteiger partial charge in [0.05, 0.1) is 0 Å². The molecule has 0 aliphatic rings. The van der Waals surface area contributed by atoms with Crippen molar-refractivity contribution in [2.75, 3.05) is 0 Å².